The molecule has 1 aromatic heterocycles. The largest absolute Gasteiger partial charge is 0.365 e. The summed E-state index contributed by atoms with van der Waals surface area (Å²) in [5.41, 5.74) is 2.13. The van der Waals surface area contributed by atoms with E-state index in [-0.39, 0.29) is 0 Å². The smallest absolute Gasteiger partial charge is 0.0555 e. The molecule has 0 aromatic carbocycles. The highest BCUT2D eigenvalue weighted by atomic mass is 15.1. The van der Waals surface area contributed by atoms with Crippen molar-refractivity contribution >= 4 is 6.21 Å². The molecule has 48 valence electrons. The summed E-state index contributed by atoms with van der Waals surface area (Å²) in [6.45, 7) is 1.97. The van der Waals surface area contributed by atoms with Gasteiger partial charge in [-0.15, -0.1) is 0 Å². The van der Waals surface area contributed by atoms with Gasteiger partial charge in [-0.25, -0.2) is 0 Å². The molecule has 1 aromatic rings. The van der Waals surface area contributed by atoms with Crippen molar-refractivity contribution in [3.8, 4) is 0 Å². The minimum Gasteiger partial charge on any atom is -0.365 e. The Morgan fingerprint density at radius 2 is 2.56 bits per heavy atom. The Morgan fingerprint density at radius 3 is 3.00 bits per heavy atom. The van der Waals surface area contributed by atoms with Gasteiger partial charge in [0.15, 0.2) is 0 Å². The van der Waals surface area contributed by atoms with E-state index >= 15 is 0 Å². The molecular formula is C6H9N3. The molecule has 0 aliphatic heterocycles. The van der Waals surface area contributed by atoms with Crippen LogP contribution in [-0.4, -0.2) is 11.2 Å². The summed E-state index contributed by atoms with van der Waals surface area (Å²) >= 11 is 0. The number of aromatic amines is 1. The molecular weight excluding hydrogens is 114 g/mol. The Bertz CT molecular complexity index is 212. The van der Waals surface area contributed by atoms with Crippen LogP contribution in [-0.2, 0) is 0 Å². The summed E-state index contributed by atoms with van der Waals surface area (Å²) in [4.78, 5) is 3.01. The van der Waals surface area contributed by atoms with Gasteiger partial charge < -0.3 is 10.8 Å². The molecule has 0 bridgehead atoms. The highest BCUT2D eigenvalue weighted by Gasteiger charge is 1.91. The molecule has 0 radical (unpaired) electrons. The molecule has 9 heavy (non-hydrogen) atoms. The van der Waals surface area contributed by atoms with Gasteiger partial charge in [0.2, 0.25) is 0 Å². The number of aromatic nitrogens is 1. The monoisotopic (exact) mass is 123 g/mol. The molecule has 3 nitrogen and oxygen atoms in total. The standard InChI is InChI=1S/C6H9N3/c1-5-6(4-9-7)2-3-8-5/h2-4,8H,7H2,1H3/b9-4-. The van der Waals surface area contributed by atoms with Gasteiger partial charge in [0.05, 0.1) is 6.21 Å². The van der Waals surface area contributed by atoms with Crippen LogP contribution in [0.3, 0.4) is 0 Å². The van der Waals surface area contributed by atoms with Crippen molar-refractivity contribution in [3.05, 3.63) is 23.5 Å². The Labute approximate surface area is 53.6 Å². The maximum Gasteiger partial charge on any atom is 0.0555 e. The quantitative estimate of drug-likeness (QED) is 0.321. The fourth-order valence-electron chi connectivity index (χ4n) is 0.685. The lowest BCUT2D eigenvalue weighted by Gasteiger charge is -1.84. The average Bonchev–Trinajstić information content (AvgIpc) is 2.18. The lowest BCUT2D eigenvalue weighted by molar-refractivity contribution is 1.24. The lowest BCUT2D eigenvalue weighted by atomic mass is 10.3. The van der Waals surface area contributed by atoms with Crippen LogP contribution in [0.2, 0.25) is 0 Å². The van der Waals surface area contributed by atoms with Crippen LogP contribution in [0.5, 0.6) is 0 Å². The second-order valence-corrected chi connectivity index (χ2v) is 1.84. The molecule has 0 unspecified atom stereocenters. The second-order valence-electron chi connectivity index (χ2n) is 1.84. The fraction of sp³-hybridized carbons (Fsp3) is 0.167. The van der Waals surface area contributed by atoms with Gasteiger partial charge in [-0.1, -0.05) is 0 Å². The zero-order valence-electron chi connectivity index (χ0n) is 5.26. The summed E-state index contributed by atoms with van der Waals surface area (Å²) < 4.78 is 0. The zero-order chi connectivity index (χ0) is 6.69. The van der Waals surface area contributed by atoms with Gasteiger partial charge in [0.1, 0.15) is 0 Å². The SMILES string of the molecule is Cc1[nH]ccc1/C=N\N. The molecule has 0 atom stereocenters. The van der Waals surface area contributed by atoms with Crippen LogP contribution in [0.15, 0.2) is 17.4 Å². The summed E-state index contributed by atoms with van der Waals surface area (Å²) in [6, 6.07) is 1.92. The molecule has 3 N–H and O–H groups in total. The average molecular weight is 123 g/mol. The summed E-state index contributed by atoms with van der Waals surface area (Å²) in [6.07, 6.45) is 3.47. The molecule has 1 rings (SSSR count). The van der Waals surface area contributed by atoms with Crippen molar-refractivity contribution in [2.75, 3.05) is 0 Å². The van der Waals surface area contributed by atoms with Gasteiger partial charge in [0.25, 0.3) is 0 Å². The third-order valence-corrected chi connectivity index (χ3v) is 1.21. The number of nitrogens with two attached hydrogens (primary N) is 1. The topological polar surface area (TPSA) is 54.2 Å². The number of nitrogens with one attached hydrogen (secondary N) is 1. The van der Waals surface area contributed by atoms with E-state index in [1.807, 2.05) is 19.2 Å². The fourth-order valence-corrected chi connectivity index (χ4v) is 0.685. The maximum absolute atomic E-state index is 4.94. The van der Waals surface area contributed by atoms with Crippen LogP contribution >= 0.6 is 0 Å². The van der Waals surface area contributed by atoms with Crippen molar-refractivity contribution < 1.29 is 0 Å². The first kappa shape index (κ1) is 5.88. The van der Waals surface area contributed by atoms with Crippen molar-refractivity contribution in [3.63, 3.8) is 0 Å². The minimum absolute atomic E-state index is 1.04. The van der Waals surface area contributed by atoms with Crippen LogP contribution < -0.4 is 5.84 Å². The molecule has 0 fully saturated rings. The summed E-state index contributed by atoms with van der Waals surface area (Å²) in [7, 11) is 0. The van der Waals surface area contributed by atoms with Crippen molar-refractivity contribution in [2.45, 2.75) is 6.92 Å². The van der Waals surface area contributed by atoms with E-state index in [9.17, 15) is 0 Å². The number of rotatable bonds is 1. The van der Waals surface area contributed by atoms with E-state index in [1.165, 1.54) is 0 Å². The predicted octanol–water partition coefficient (Wildman–Crippen LogP) is 0.616. The molecule has 0 aliphatic carbocycles. The van der Waals surface area contributed by atoms with Crippen LogP contribution in [0, 0.1) is 6.92 Å². The van der Waals surface area contributed by atoms with Crippen molar-refractivity contribution in [1.29, 1.82) is 0 Å². The molecule has 3 heteroatoms. The number of hydrogen-bond acceptors (Lipinski definition) is 2. The van der Waals surface area contributed by atoms with Crippen LogP contribution in [0.25, 0.3) is 0 Å². The highest BCUT2D eigenvalue weighted by Crippen LogP contribution is 1.99. The van der Waals surface area contributed by atoms with Gasteiger partial charge in [-0.05, 0) is 13.0 Å². The van der Waals surface area contributed by atoms with Gasteiger partial charge in [-0.3, -0.25) is 0 Å². The second kappa shape index (κ2) is 2.35. The Balaban J connectivity index is 2.94. The van der Waals surface area contributed by atoms with E-state index in [2.05, 4.69) is 10.1 Å². The van der Waals surface area contributed by atoms with Crippen LogP contribution in [0.1, 0.15) is 11.3 Å². The Kier molecular flexibility index (Phi) is 1.53. The Hall–Kier alpha value is -1.25. The van der Waals surface area contributed by atoms with Gasteiger partial charge in [-0.2, -0.15) is 5.10 Å². The maximum atomic E-state index is 4.94. The first-order valence-corrected chi connectivity index (χ1v) is 2.72. The van der Waals surface area contributed by atoms with Crippen LogP contribution in [0.4, 0.5) is 0 Å². The molecule has 0 amide bonds. The van der Waals surface area contributed by atoms with Crippen molar-refractivity contribution in [2.24, 2.45) is 10.9 Å². The molecule has 0 saturated heterocycles. The molecule has 0 saturated carbocycles. The summed E-state index contributed by atoms with van der Waals surface area (Å²) in [5.74, 6) is 4.94. The normalized spacial score (nSPS) is 10.8. The van der Waals surface area contributed by atoms with E-state index in [4.69, 9.17) is 5.84 Å². The van der Waals surface area contributed by atoms with E-state index in [0.29, 0.717) is 0 Å². The zero-order valence-corrected chi connectivity index (χ0v) is 5.26. The molecule has 1 heterocycles. The number of H-pyrrole nitrogens is 1. The number of aryl methyl sites for hydroxylation is 1. The number of nitrogens with zero attached hydrogens (tertiary/aromatic N) is 1. The number of hydrogen-bond donors (Lipinski definition) is 2. The minimum atomic E-state index is 1.04. The number of hydrazone groups is 1. The third-order valence-electron chi connectivity index (χ3n) is 1.21. The predicted molar refractivity (Wildman–Crippen MR) is 37.3 cm³/mol. The van der Waals surface area contributed by atoms with E-state index in [0.717, 1.165) is 11.3 Å². The first-order chi connectivity index (χ1) is 4.34. The van der Waals surface area contributed by atoms with E-state index < -0.39 is 0 Å². The highest BCUT2D eigenvalue weighted by molar-refractivity contribution is 5.80. The first-order valence-electron chi connectivity index (χ1n) is 2.72. The van der Waals surface area contributed by atoms with E-state index in [1.54, 1.807) is 6.21 Å². The summed E-state index contributed by atoms with van der Waals surface area (Å²) in [5, 5.41) is 3.39. The molecule has 0 spiro atoms. The van der Waals surface area contributed by atoms with Gasteiger partial charge >= 0.3 is 0 Å². The molecule has 0 aliphatic rings. The lowest BCUT2D eigenvalue weighted by Crippen LogP contribution is -1.85. The van der Waals surface area contributed by atoms with Gasteiger partial charge in [0, 0.05) is 17.5 Å². The Morgan fingerprint density at radius 1 is 1.78 bits per heavy atom. The van der Waals surface area contributed by atoms with Crippen molar-refractivity contribution in [1.82, 2.24) is 4.98 Å². The third kappa shape index (κ3) is 1.10.